The molecule has 1 unspecified atom stereocenters. The first kappa shape index (κ1) is 12.7. The van der Waals surface area contributed by atoms with E-state index in [9.17, 15) is 0 Å². The van der Waals surface area contributed by atoms with E-state index in [-0.39, 0.29) is 6.04 Å². The molecular formula is C13H19N5. The maximum absolute atomic E-state index is 4.38. The largest absolute Gasteiger partial charge is 0.305 e. The van der Waals surface area contributed by atoms with Crippen molar-refractivity contribution in [1.29, 1.82) is 0 Å². The van der Waals surface area contributed by atoms with E-state index in [4.69, 9.17) is 0 Å². The average Bonchev–Trinajstić information content (AvgIpc) is 2.85. The van der Waals surface area contributed by atoms with Gasteiger partial charge in [-0.2, -0.15) is 15.3 Å². The SMILES string of the molecule is CCCn1nccc1C(NCC)c1ccnnc1. The minimum atomic E-state index is 0.125. The molecule has 96 valence electrons. The summed E-state index contributed by atoms with van der Waals surface area (Å²) < 4.78 is 2.05. The van der Waals surface area contributed by atoms with Crippen LogP contribution in [-0.4, -0.2) is 26.5 Å². The van der Waals surface area contributed by atoms with Gasteiger partial charge >= 0.3 is 0 Å². The molecule has 2 aromatic rings. The molecular weight excluding hydrogens is 226 g/mol. The van der Waals surface area contributed by atoms with Gasteiger partial charge in [-0.25, -0.2) is 0 Å². The number of hydrogen-bond acceptors (Lipinski definition) is 4. The first-order valence-electron chi connectivity index (χ1n) is 6.38. The Balaban J connectivity index is 2.32. The fraction of sp³-hybridized carbons (Fsp3) is 0.462. The number of aromatic nitrogens is 4. The summed E-state index contributed by atoms with van der Waals surface area (Å²) in [5, 5.41) is 15.6. The molecule has 5 heteroatoms. The molecule has 0 saturated carbocycles. The van der Waals surface area contributed by atoms with Crippen LogP contribution in [0.5, 0.6) is 0 Å². The van der Waals surface area contributed by atoms with E-state index in [1.54, 1.807) is 12.4 Å². The van der Waals surface area contributed by atoms with Gasteiger partial charge in [-0.3, -0.25) is 4.68 Å². The van der Waals surface area contributed by atoms with E-state index >= 15 is 0 Å². The summed E-state index contributed by atoms with van der Waals surface area (Å²) >= 11 is 0. The molecule has 0 aliphatic rings. The van der Waals surface area contributed by atoms with Crippen molar-refractivity contribution in [2.75, 3.05) is 6.54 Å². The van der Waals surface area contributed by atoms with Crippen LogP contribution in [0.1, 0.15) is 37.6 Å². The highest BCUT2D eigenvalue weighted by molar-refractivity contribution is 5.24. The maximum atomic E-state index is 4.38. The normalized spacial score (nSPS) is 12.6. The molecule has 0 aromatic carbocycles. The second-order valence-electron chi connectivity index (χ2n) is 4.15. The lowest BCUT2D eigenvalue weighted by Crippen LogP contribution is -2.25. The Labute approximate surface area is 107 Å². The Morgan fingerprint density at radius 1 is 1.22 bits per heavy atom. The molecule has 1 N–H and O–H groups in total. The lowest BCUT2D eigenvalue weighted by Gasteiger charge is -2.19. The summed E-state index contributed by atoms with van der Waals surface area (Å²) in [4.78, 5) is 0. The summed E-state index contributed by atoms with van der Waals surface area (Å²) in [7, 11) is 0. The summed E-state index contributed by atoms with van der Waals surface area (Å²) in [6.45, 7) is 6.08. The summed E-state index contributed by atoms with van der Waals surface area (Å²) in [5.41, 5.74) is 2.29. The van der Waals surface area contributed by atoms with Crippen LogP contribution in [0.3, 0.4) is 0 Å². The van der Waals surface area contributed by atoms with Crippen molar-refractivity contribution in [2.45, 2.75) is 32.9 Å². The van der Waals surface area contributed by atoms with Gasteiger partial charge < -0.3 is 5.32 Å². The summed E-state index contributed by atoms with van der Waals surface area (Å²) in [6.07, 6.45) is 6.45. The lowest BCUT2D eigenvalue weighted by atomic mass is 10.1. The number of rotatable bonds is 6. The molecule has 0 spiro atoms. The fourth-order valence-electron chi connectivity index (χ4n) is 2.06. The van der Waals surface area contributed by atoms with Crippen molar-refractivity contribution >= 4 is 0 Å². The minimum Gasteiger partial charge on any atom is -0.305 e. The number of nitrogens with one attached hydrogen (secondary N) is 1. The van der Waals surface area contributed by atoms with Gasteiger partial charge in [-0.1, -0.05) is 13.8 Å². The lowest BCUT2D eigenvalue weighted by molar-refractivity contribution is 0.519. The molecule has 1 atom stereocenters. The number of nitrogens with zero attached hydrogens (tertiary/aromatic N) is 4. The van der Waals surface area contributed by atoms with Gasteiger partial charge in [-0.05, 0) is 30.7 Å². The molecule has 2 rings (SSSR count). The zero-order valence-corrected chi connectivity index (χ0v) is 10.9. The number of hydrogen-bond donors (Lipinski definition) is 1. The molecule has 0 amide bonds. The molecule has 5 nitrogen and oxygen atoms in total. The Morgan fingerprint density at radius 2 is 2.11 bits per heavy atom. The third-order valence-corrected chi connectivity index (χ3v) is 2.83. The zero-order valence-electron chi connectivity index (χ0n) is 10.9. The first-order valence-corrected chi connectivity index (χ1v) is 6.38. The summed E-state index contributed by atoms with van der Waals surface area (Å²) in [6, 6.07) is 4.17. The quantitative estimate of drug-likeness (QED) is 0.843. The third kappa shape index (κ3) is 2.73. The number of aryl methyl sites for hydroxylation is 1. The van der Waals surface area contributed by atoms with E-state index in [2.05, 4.69) is 40.5 Å². The van der Waals surface area contributed by atoms with Crippen LogP contribution in [0, 0.1) is 0 Å². The fourth-order valence-corrected chi connectivity index (χ4v) is 2.06. The maximum Gasteiger partial charge on any atom is 0.0764 e. The van der Waals surface area contributed by atoms with E-state index in [0.717, 1.165) is 25.1 Å². The minimum absolute atomic E-state index is 0.125. The average molecular weight is 245 g/mol. The standard InChI is InChI=1S/C13H19N5/c1-3-9-18-12(6-8-17-18)13(14-4-2)11-5-7-15-16-10-11/h5-8,10,13-14H,3-4,9H2,1-2H3. The van der Waals surface area contributed by atoms with Crippen molar-refractivity contribution in [2.24, 2.45) is 0 Å². The van der Waals surface area contributed by atoms with Crippen molar-refractivity contribution in [3.63, 3.8) is 0 Å². The Hall–Kier alpha value is -1.75. The van der Waals surface area contributed by atoms with Crippen molar-refractivity contribution in [3.05, 3.63) is 42.0 Å². The van der Waals surface area contributed by atoms with Crippen LogP contribution >= 0.6 is 0 Å². The second kappa shape index (κ2) is 6.26. The van der Waals surface area contributed by atoms with Crippen molar-refractivity contribution < 1.29 is 0 Å². The van der Waals surface area contributed by atoms with Crippen molar-refractivity contribution in [3.8, 4) is 0 Å². The van der Waals surface area contributed by atoms with Gasteiger partial charge in [0.1, 0.15) is 0 Å². The van der Waals surface area contributed by atoms with Crippen LogP contribution in [0.2, 0.25) is 0 Å². The summed E-state index contributed by atoms with van der Waals surface area (Å²) in [5.74, 6) is 0. The molecule has 2 aromatic heterocycles. The van der Waals surface area contributed by atoms with Gasteiger partial charge in [0.2, 0.25) is 0 Å². The van der Waals surface area contributed by atoms with Crippen LogP contribution in [0.4, 0.5) is 0 Å². The molecule has 0 aliphatic heterocycles. The van der Waals surface area contributed by atoms with Gasteiger partial charge in [0.15, 0.2) is 0 Å². The van der Waals surface area contributed by atoms with Crippen LogP contribution in [-0.2, 0) is 6.54 Å². The van der Waals surface area contributed by atoms with E-state index in [1.807, 2.05) is 16.9 Å². The predicted octanol–water partition coefficient (Wildman–Crippen LogP) is 1.78. The zero-order chi connectivity index (χ0) is 12.8. The van der Waals surface area contributed by atoms with E-state index in [1.165, 1.54) is 5.69 Å². The smallest absolute Gasteiger partial charge is 0.0764 e. The highest BCUT2D eigenvalue weighted by Crippen LogP contribution is 2.20. The van der Waals surface area contributed by atoms with Crippen LogP contribution in [0.25, 0.3) is 0 Å². The molecule has 0 radical (unpaired) electrons. The monoisotopic (exact) mass is 245 g/mol. The van der Waals surface area contributed by atoms with Gasteiger partial charge in [-0.15, -0.1) is 0 Å². The van der Waals surface area contributed by atoms with Gasteiger partial charge in [0.25, 0.3) is 0 Å². The Morgan fingerprint density at radius 3 is 2.78 bits per heavy atom. The highest BCUT2D eigenvalue weighted by atomic mass is 15.3. The highest BCUT2D eigenvalue weighted by Gasteiger charge is 2.17. The Bertz CT molecular complexity index is 465. The van der Waals surface area contributed by atoms with E-state index in [0.29, 0.717) is 0 Å². The topological polar surface area (TPSA) is 55.6 Å². The van der Waals surface area contributed by atoms with Gasteiger partial charge in [0.05, 0.1) is 17.9 Å². The van der Waals surface area contributed by atoms with E-state index < -0.39 is 0 Å². The molecule has 0 saturated heterocycles. The molecule has 2 heterocycles. The molecule has 0 aliphatic carbocycles. The predicted molar refractivity (Wildman–Crippen MR) is 70.1 cm³/mol. The van der Waals surface area contributed by atoms with Crippen LogP contribution in [0.15, 0.2) is 30.7 Å². The van der Waals surface area contributed by atoms with Crippen molar-refractivity contribution in [1.82, 2.24) is 25.3 Å². The third-order valence-electron chi connectivity index (χ3n) is 2.83. The molecule has 0 bridgehead atoms. The van der Waals surface area contributed by atoms with Crippen LogP contribution < -0.4 is 5.32 Å². The Kier molecular flexibility index (Phi) is 4.41. The van der Waals surface area contributed by atoms with Gasteiger partial charge in [0, 0.05) is 18.9 Å². The second-order valence-corrected chi connectivity index (χ2v) is 4.15. The first-order chi connectivity index (χ1) is 8.86. The molecule has 0 fully saturated rings. The molecule has 18 heavy (non-hydrogen) atoms.